The Morgan fingerprint density at radius 3 is 2.12 bits per heavy atom. The maximum absolute atomic E-state index is 3.93. The number of hydrogen-bond donors (Lipinski definition) is 0. The van der Waals surface area contributed by atoms with E-state index in [-0.39, 0.29) is 0 Å². The summed E-state index contributed by atoms with van der Waals surface area (Å²) in [5.41, 5.74) is 7.09. The van der Waals surface area contributed by atoms with Gasteiger partial charge in [-0.1, -0.05) is 70.9 Å². The van der Waals surface area contributed by atoms with E-state index in [0.717, 1.165) is 25.7 Å². The molecule has 1 aromatic carbocycles. The molecule has 0 spiro atoms. The Morgan fingerprint density at radius 1 is 0.920 bits per heavy atom. The van der Waals surface area contributed by atoms with Crippen LogP contribution in [0.4, 0.5) is 0 Å². The van der Waals surface area contributed by atoms with E-state index < -0.39 is 0 Å². The molecule has 0 aromatic heterocycles. The predicted octanol–water partition coefficient (Wildman–Crippen LogP) is 8.07. The highest BCUT2D eigenvalue weighted by Crippen LogP contribution is 2.25. The van der Waals surface area contributed by atoms with Gasteiger partial charge >= 0.3 is 0 Å². The van der Waals surface area contributed by atoms with E-state index in [9.17, 15) is 0 Å². The maximum Gasteiger partial charge on any atom is 0.00549 e. The summed E-state index contributed by atoms with van der Waals surface area (Å²) in [6.07, 6.45) is 14.8. The number of aryl methyl sites for hydroxylation is 1. The Hall–Kier alpha value is -1.82. The summed E-state index contributed by atoms with van der Waals surface area (Å²) in [4.78, 5) is 0. The van der Waals surface area contributed by atoms with Gasteiger partial charge in [-0.3, -0.25) is 0 Å². The van der Waals surface area contributed by atoms with Crippen LogP contribution in [0.5, 0.6) is 0 Å². The molecule has 136 valence electrons. The van der Waals surface area contributed by atoms with Gasteiger partial charge in [0.15, 0.2) is 0 Å². The molecule has 0 amide bonds. The molecular weight excluding hydrogens is 300 g/mol. The zero-order valence-electron chi connectivity index (χ0n) is 16.9. The molecule has 0 radical (unpaired) electrons. The highest BCUT2D eigenvalue weighted by molar-refractivity contribution is 5.29. The zero-order chi connectivity index (χ0) is 18.7. The summed E-state index contributed by atoms with van der Waals surface area (Å²) < 4.78 is 0. The van der Waals surface area contributed by atoms with Crippen molar-refractivity contribution in [1.29, 1.82) is 0 Å². The van der Waals surface area contributed by atoms with E-state index in [1.54, 1.807) is 0 Å². The molecule has 0 aliphatic carbocycles. The van der Waals surface area contributed by atoms with Gasteiger partial charge < -0.3 is 0 Å². The third-order valence-electron chi connectivity index (χ3n) is 4.53. The second-order valence-corrected chi connectivity index (χ2v) is 7.46. The van der Waals surface area contributed by atoms with Crippen LogP contribution in [0.25, 0.3) is 0 Å². The molecule has 0 aliphatic heterocycles. The average molecular weight is 337 g/mol. The van der Waals surface area contributed by atoms with Crippen molar-refractivity contribution in [1.82, 2.24) is 0 Å². The fourth-order valence-electron chi connectivity index (χ4n) is 2.96. The van der Waals surface area contributed by atoms with Gasteiger partial charge in [-0.25, -0.2) is 0 Å². The lowest BCUT2D eigenvalue weighted by Gasteiger charge is -2.13. The first kappa shape index (κ1) is 21.2. The Balaban J connectivity index is 2.60. The molecule has 0 nitrogen and oxygen atoms in total. The predicted molar refractivity (Wildman–Crippen MR) is 114 cm³/mol. The molecule has 0 N–H and O–H groups in total. The number of rotatable bonds is 10. The number of hydrogen-bond acceptors (Lipinski definition) is 0. The van der Waals surface area contributed by atoms with E-state index in [4.69, 9.17) is 0 Å². The summed E-state index contributed by atoms with van der Waals surface area (Å²) in [6.45, 7) is 14.9. The fourth-order valence-corrected chi connectivity index (χ4v) is 2.96. The molecule has 0 bridgehead atoms. The van der Waals surface area contributed by atoms with Crippen molar-refractivity contribution >= 4 is 0 Å². The van der Waals surface area contributed by atoms with Crippen LogP contribution in [-0.2, 0) is 0 Å². The molecular formula is C25H36. The van der Waals surface area contributed by atoms with E-state index in [1.165, 1.54) is 34.3 Å². The van der Waals surface area contributed by atoms with Crippen molar-refractivity contribution in [2.75, 3.05) is 0 Å². The third kappa shape index (κ3) is 9.29. The molecule has 25 heavy (non-hydrogen) atoms. The number of allylic oxidation sites excluding steroid dienone is 7. The van der Waals surface area contributed by atoms with E-state index in [0.29, 0.717) is 5.92 Å². The molecule has 1 aromatic rings. The minimum atomic E-state index is 0.445. The second kappa shape index (κ2) is 11.7. The highest BCUT2D eigenvalue weighted by atomic mass is 14.1. The van der Waals surface area contributed by atoms with Gasteiger partial charge in [0.2, 0.25) is 0 Å². The summed E-state index contributed by atoms with van der Waals surface area (Å²) in [7, 11) is 0. The van der Waals surface area contributed by atoms with Crippen molar-refractivity contribution in [3.63, 3.8) is 0 Å². The minimum absolute atomic E-state index is 0.445. The van der Waals surface area contributed by atoms with E-state index in [1.807, 2.05) is 6.08 Å². The first-order chi connectivity index (χ1) is 11.9. The Morgan fingerprint density at radius 2 is 1.52 bits per heavy atom. The van der Waals surface area contributed by atoms with E-state index >= 15 is 0 Å². The van der Waals surface area contributed by atoms with Crippen LogP contribution in [-0.4, -0.2) is 0 Å². The lowest BCUT2D eigenvalue weighted by Crippen LogP contribution is -1.95. The Labute approximate surface area is 156 Å². The van der Waals surface area contributed by atoms with Gasteiger partial charge in [-0.15, -0.1) is 6.58 Å². The molecule has 0 heteroatoms. The molecule has 1 atom stereocenters. The zero-order valence-corrected chi connectivity index (χ0v) is 16.9. The molecule has 0 heterocycles. The van der Waals surface area contributed by atoms with Gasteiger partial charge in [-0.05, 0) is 72.3 Å². The Bertz CT molecular complexity index is 604. The van der Waals surface area contributed by atoms with E-state index in [2.05, 4.69) is 83.7 Å². The van der Waals surface area contributed by atoms with Crippen LogP contribution < -0.4 is 0 Å². The molecule has 1 unspecified atom stereocenters. The summed E-state index contributed by atoms with van der Waals surface area (Å²) >= 11 is 0. The second-order valence-electron chi connectivity index (χ2n) is 7.46. The van der Waals surface area contributed by atoms with Gasteiger partial charge in [-0.2, -0.15) is 0 Å². The average Bonchev–Trinajstić information content (AvgIpc) is 2.55. The standard InChI is InChI=1S/C25H36/c1-7-10-25(24-17-15-22(5)16-18-24)19-23(6)14-9-13-21(4)12-8-11-20(2)3/h7,11,13,15-19,25H,1,8-10,12,14H2,2-6H3/b21-13+,23-19+. The van der Waals surface area contributed by atoms with Gasteiger partial charge in [0.25, 0.3) is 0 Å². The van der Waals surface area contributed by atoms with Gasteiger partial charge in [0.05, 0.1) is 0 Å². The molecule has 1 rings (SSSR count). The molecule has 0 saturated heterocycles. The Kier molecular flexibility index (Phi) is 9.92. The summed E-state index contributed by atoms with van der Waals surface area (Å²) in [6, 6.07) is 8.90. The van der Waals surface area contributed by atoms with Crippen molar-refractivity contribution in [3.05, 3.63) is 83.0 Å². The largest absolute Gasteiger partial charge is 0.103 e. The lowest BCUT2D eigenvalue weighted by molar-refractivity contribution is 0.835. The molecule has 0 saturated carbocycles. The topological polar surface area (TPSA) is 0 Å². The first-order valence-corrected chi connectivity index (χ1v) is 9.56. The van der Waals surface area contributed by atoms with Crippen LogP contribution in [0.2, 0.25) is 0 Å². The molecule has 0 fully saturated rings. The van der Waals surface area contributed by atoms with Gasteiger partial charge in [0.1, 0.15) is 0 Å². The van der Waals surface area contributed by atoms with Crippen LogP contribution in [0.3, 0.4) is 0 Å². The lowest BCUT2D eigenvalue weighted by atomic mass is 9.92. The first-order valence-electron chi connectivity index (χ1n) is 9.56. The van der Waals surface area contributed by atoms with Crippen LogP contribution >= 0.6 is 0 Å². The van der Waals surface area contributed by atoms with Crippen molar-refractivity contribution in [2.24, 2.45) is 0 Å². The number of benzene rings is 1. The normalized spacial score (nSPS) is 13.5. The third-order valence-corrected chi connectivity index (χ3v) is 4.53. The quantitative estimate of drug-likeness (QED) is 0.379. The van der Waals surface area contributed by atoms with Crippen molar-refractivity contribution in [3.8, 4) is 0 Å². The maximum atomic E-state index is 3.93. The molecule has 0 aliphatic rings. The van der Waals surface area contributed by atoms with Crippen molar-refractivity contribution < 1.29 is 0 Å². The van der Waals surface area contributed by atoms with Crippen LogP contribution in [0.1, 0.15) is 76.8 Å². The SMILES string of the molecule is C=CCC(/C=C(\C)CC/C=C(\C)CCC=C(C)C)c1ccc(C)cc1. The van der Waals surface area contributed by atoms with Gasteiger partial charge in [0, 0.05) is 5.92 Å². The minimum Gasteiger partial charge on any atom is -0.103 e. The fraction of sp³-hybridized carbons (Fsp3) is 0.440. The van der Waals surface area contributed by atoms with Crippen LogP contribution in [0.15, 0.2) is 71.9 Å². The smallest absolute Gasteiger partial charge is 0.00549 e. The van der Waals surface area contributed by atoms with Crippen LogP contribution in [0, 0.1) is 6.92 Å². The van der Waals surface area contributed by atoms with Crippen molar-refractivity contribution in [2.45, 2.75) is 72.6 Å². The summed E-state index contributed by atoms with van der Waals surface area (Å²) in [5.74, 6) is 0.445. The summed E-state index contributed by atoms with van der Waals surface area (Å²) in [5, 5.41) is 0. The monoisotopic (exact) mass is 336 g/mol. The highest BCUT2D eigenvalue weighted by Gasteiger charge is 2.07.